The van der Waals surface area contributed by atoms with Crippen molar-refractivity contribution in [3.8, 4) is 11.5 Å². The summed E-state index contributed by atoms with van der Waals surface area (Å²) in [6.45, 7) is 4.19. The number of ether oxygens (including phenoxy) is 2. The Hall–Kier alpha value is -3.60. The Balaban J connectivity index is 1.38. The molecule has 4 heterocycles. The van der Waals surface area contributed by atoms with Gasteiger partial charge in [-0.25, -0.2) is 9.97 Å². The number of carbonyl (C=O) groups is 1. The van der Waals surface area contributed by atoms with Crippen LogP contribution in [0.2, 0.25) is 5.02 Å². The maximum Gasteiger partial charge on any atom is 0.221 e. The van der Waals surface area contributed by atoms with Gasteiger partial charge in [0.05, 0.1) is 13.7 Å². The molecule has 0 spiro atoms. The highest BCUT2D eigenvalue weighted by atomic mass is 35.5. The fraction of sp³-hybridized carbons (Fsp3) is 0.414. The van der Waals surface area contributed by atoms with E-state index in [0.29, 0.717) is 48.7 Å². The molecule has 0 atom stereocenters. The lowest BCUT2D eigenvalue weighted by Gasteiger charge is -2.37. The fourth-order valence-corrected chi connectivity index (χ4v) is 5.29. The highest BCUT2D eigenvalue weighted by molar-refractivity contribution is 6.31. The third-order valence-corrected chi connectivity index (χ3v) is 7.73. The lowest BCUT2D eigenvalue weighted by molar-refractivity contribution is -0.121. The van der Waals surface area contributed by atoms with E-state index in [1.165, 1.54) is 6.33 Å². The predicted octanol–water partition coefficient (Wildman–Crippen LogP) is 4.42. The number of methoxy groups -OCH3 is 1. The second kappa shape index (κ2) is 13.2. The molecule has 10 nitrogen and oxygen atoms in total. The minimum absolute atomic E-state index is 0.0300. The predicted molar refractivity (Wildman–Crippen MR) is 157 cm³/mol. The zero-order valence-electron chi connectivity index (χ0n) is 23.0. The Morgan fingerprint density at radius 3 is 2.48 bits per heavy atom. The molecule has 3 aliphatic rings. The Kier molecular flexibility index (Phi) is 9.20. The minimum atomic E-state index is 0.0300. The second-order valence-electron chi connectivity index (χ2n) is 10.1. The van der Waals surface area contributed by atoms with Crippen molar-refractivity contribution < 1.29 is 14.3 Å². The first-order chi connectivity index (χ1) is 19.5. The highest BCUT2D eigenvalue weighted by Crippen LogP contribution is 2.32. The number of nitrogens with one attached hydrogen (secondary N) is 3. The molecule has 1 aromatic heterocycles. The molecule has 3 aromatic rings. The van der Waals surface area contributed by atoms with Crippen LogP contribution in [0.5, 0.6) is 11.5 Å². The van der Waals surface area contributed by atoms with Crippen molar-refractivity contribution in [3.05, 3.63) is 59.4 Å². The van der Waals surface area contributed by atoms with Crippen LogP contribution in [0.15, 0.2) is 48.8 Å². The van der Waals surface area contributed by atoms with Crippen molar-refractivity contribution in [2.24, 2.45) is 0 Å². The highest BCUT2D eigenvalue weighted by Gasteiger charge is 2.23. The van der Waals surface area contributed by atoms with Crippen molar-refractivity contribution in [1.29, 1.82) is 0 Å². The van der Waals surface area contributed by atoms with Gasteiger partial charge in [-0.3, -0.25) is 9.69 Å². The largest absolute Gasteiger partial charge is 0.493 e. The van der Waals surface area contributed by atoms with Crippen LogP contribution in [-0.4, -0.2) is 78.7 Å². The van der Waals surface area contributed by atoms with Crippen molar-refractivity contribution in [2.45, 2.75) is 31.8 Å². The van der Waals surface area contributed by atoms with Gasteiger partial charge in [-0.15, -0.1) is 0 Å². The van der Waals surface area contributed by atoms with E-state index in [9.17, 15) is 4.79 Å². The van der Waals surface area contributed by atoms with Gasteiger partial charge in [0.1, 0.15) is 24.6 Å². The van der Waals surface area contributed by atoms with E-state index < -0.39 is 0 Å². The van der Waals surface area contributed by atoms with Gasteiger partial charge < -0.3 is 30.3 Å². The van der Waals surface area contributed by atoms with E-state index in [2.05, 4.69) is 48.8 Å². The number of benzene rings is 2. The molecular formula is C29H36ClN7O3. The monoisotopic (exact) mass is 565 g/mol. The van der Waals surface area contributed by atoms with Crippen molar-refractivity contribution in [3.63, 3.8) is 0 Å². The molecule has 11 heteroatoms. The summed E-state index contributed by atoms with van der Waals surface area (Å²) in [7, 11) is 3.75. The Morgan fingerprint density at radius 2 is 1.73 bits per heavy atom. The summed E-state index contributed by atoms with van der Waals surface area (Å²) in [6.07, 6.45) is 4.09. The molecular weight excluding hydrogens is 530 g/mol. The molecule has 0 unspecified atom stereocenters. The standard InChI is InChI=1S/C29H36ClN7O3/c1-36-18-20-15-21(3-5-24(20)30)34-27-17-28(33-19-32-27)35-22-4-6-25(39-2)26(16-22)40-14-10-31-29(38)9-13-37-11-7-23(36)8-12-37/h3-6,15-17,19,23H,7-14,18H2,1-2H3,(H,31,38)(H2,32,33,34,35). The number of fused-ring (bicyclic) bond motifs is 9. The Morgan fingerprint density at radius 1 is 1.00 bits per heavy atom. The number of amides is 1. The van der Waals surface area contributed by atoms with Crippen LogP contribution in [0.1, 0.15) is 24.8 Å². The van der Waals surface area contributed by atoms with Crippen LogP contribution in [0.25, 0.3) is 0 Å². The summed E-state index contributed by atoms with van der Waals surface area (Å²) in [5.41, 5.74) is 2.74. The van der Waals surface area contributed by atoms with Gasteiger partial charge in [-0.1, -0.05) is 11.6 Å². The normalized spacial score (nSPS) is 20.7. The number of piperidine rings is 1. The van der Waals surface area contributed by atoms with Crippen molar-refractivity contribution in [2.75, 3.05) is 57.6 Å². The number of carbonyl (C=O) groups excluding carboxylic acids is 1. The molecule has 1 saturated heterocycles. The third kappa shape index (κ3) is 7.32. The van der Waals surface area contributed by atoms with Crippen LogP contribution in [-0.2, 0) is 11.3 Å². The van der Waals surface area contributed by atoms with Gasteiger partial charge in [-0.2, -0.15) is 0 Å². The van der Waals surface area contributed by atoms with Gasteiger partial charge in [0.15, 0.2) is 11.5 Å². The zero-order valence-corrected chi connectivity index (χ0v) is 23.7. The quantitative estimate of drug-likeness (QED) is 0.395. The van der Waals surface area contributed by atoms with Crippen LogP contribution in [0.3, 0.4) is 0 Å². The van der Waals surface area contributed by atoms with Crippen LogP contribution in [0, 0.1) is 0 Å². The minimum Gasteiger partial charge on any atom is -0.493 e. The van der Waals surface area contributed by atoms with Gasteiger partial charge in [0.2, 0.25) is 5.91 Å². The summed E-state index contributed by atoms with van der Waals surface area (Å²) in [5.74, 6) is 2.49. The summed E-state index contributed by atoms with van der Waals surface area (Å²) in [5, 5.41) is 10.4. The number of halogens is 1. The van der Waals surface area contributed by atoms with E-state index in [4.69, 9.17) is 21.1 Å². The fourth-order valence-electron chi connectivity index (χ4n) is 5.11. The molecule has 3 N–H and O–H groups in total. The lowest BCUT2D eigenvalue weighted by Crippen LogP contribution is -2.44. The molecule has 212 valence electrons. The number of hydrogen-bond acceptors (Lipinski definition) is 9. The van der Waals surface area contributed by atoms with Gasteiger partial charge >= 0.3 is 0 Å². The maximum atomic E-state index is 12.5. The molecule has 6 rings (SSSR count). The van der Waals surface area contributed by atoms with Gasteiger partial charge in [0, 0.05) is 54.1 Å². The summed E-state index contributed by atoms with van der Waals surface area (Å²) in [6, 6.07) is 13.8. The van der Waals surface area contributed by atoms with Crippen LogP contribution >= 0.6 is 11.6 Å². The molecule has 1 fully saturated rings. The first kappa shape index (κ1) is 27.9. The van der Waals surface area contributed by atoms with E-state index in [1.807, 2.05) is 36.4 Å². The number of aromatic nitrogens is 2. The van der Waals surface area contributed by atoms with Gasteiger partial charge in [-0.05, 0) is 68.9 Å². The second-order valence-corrected chi connectivity index (χ2v) is 10.6. The van der Waals surface area contributed by atoms with Gasteiger partial charge in [0.25, 0.3) is 0 Å². The average Bonchev–Trinajstić information content (AvgIpc) is 2.96. The Bertz CT molecular complexity index is 1320. The topological polar surface area (TPSA) is 104 Å². The number of anilines is 4. The van der Waals surface area contributed by atoms with E-state index in [-0.39, 0.29) is 5.91 Å². The van der Waals surface area contributed by atoms with Crippen LogP contribution < -0.4 is 25.4 Å². The Labute approximate surface area is 240 Å². The molecule has 3 aliphatic heterocycles. The molecule has 2 aromatic carbocycles. The maximum absolute atomic E-state index is 12.5. The molecule has 40 heavy (non-hydrogen) atoms. The molecule has 0 saturated carbocycles. The van der Waals surface area contributed by atoms with Crippen molar-refractivity contribution >= 4 is 40.5 Å². The molecule has 0 radical (unpaired) electrons. The summed E-state index contributed by atoms with van der Waals surface area (Å²) in [4.78, 5) is 26.0. The number of nitrogens with zero attached hydrogens (tertiary/aromatic N) is 4. The summed E-state index contributed by atoms with van der Waals surface area (Å²) >= 11 is 6.60. The SMILES string of the molecule is COc1ccc2cc1OCCNC(=O)CCN1CCC(CC1)N(C)Cc1cc(ccc1Cl)Nc1cc(ncn1)N2. The van der Waals surface area contributed by atoms with E-state index in [1.54, 1.807) is 7.11 Å². The lowest BCUT2D eigenvalue weighted by atomic mass is 10.0. The zero-order chi connectivity index (χ0) is 27.9. The first-order valence-electron chi connectivity index (χ1n) is 13.6. The summed E-state index contributed by atoms with van der Waals surface area (Å²) < 4.78 is 11.4. The molecule has 0 aliphatic carbocycles. The number of rotatable bonds is 1. The number of hydrogen-bond donors (Lipinski definition) is 3. The van der Waals surface area contributed by atoms with Crippen molar-refractivity contribution in [1.82, 2.24) is 25.1 Å². The average molecular weight is 566 g/mol. The van der Waals surface area contributed by atoms with E-state index in [0.717, 1.165) is 61.0 Å². The smallest absolute Gasteiger partial charge is 0.221 e. The van der Waals surface area contributed by atoms with Crippen LogP contribution in [0.4, 0.5) is 23.0 Å². The van der Waals surface area contributed by atoms with E-state index >= 15 is 0 Å². The molecule has 1 amide bonds. The third-order valence-electron chi connectivity index (χ3n) is 7.36. The molecule has 8 bridgehead atoms. The first-order valence-corrected chi connectivity index (χ1v) is 14.0.